The molecule has 0 saturated carbocycles. The van der Waals surface area contributed by atoms with Crippen molar-refractivity contribution >= 4 is 29.3 Å². The van der Waals surface area contributed by atoms with Crippen molar-refractivity contribution in [3.63, 3.8) is 0 Å². The number of ether oxygens (including phenoxy) is 4. The number of carbonyl (C=O) groups excluding carboxylic acids is 3. The highest BCUT2D eigenvalue weighted by Crippen LogP contribution is 2.39. The molecule has 306 valence electrons. The zero-order chi connectivity index (χ0) is 40.1. The number of rotatable bonds is 9. The zero-order valence-corrected chi connectivity index (χ0v) is 35.3. The summed E-state index contributed by atoms with van der Waals surface area (Å²) in [6.45, 7) is 19.8. The lowest BCUT2D eigenvalue weighted by molar-refractivity contribution is -0.295. The monoisotopic (exact) mass is 778 g/mol. The first-order valence-electron chi connectivity index (χ1n) is 19.8. The smallest absolute Gasteiger partial charge is 0.319 e. The van der Waals surface area contributed by atoms with Crippen molar-refractivity contribution in [1.82, 2.24) is 19.6 Å². The SMILES string of the molecule is CCCN1C[C@H](C)C[C@@](C)(OC)[C@H](O[C@@H]2O[C@H](C)C[C@H](N(C)C)[C@H]2O)[C@@H](C)C(=O)C(C)(C)C(=O)O[C@@H](C)[C@@H]1CN1CCN(C(=O)c2ccc(Cl)cc2)CC1. The summed E-state index contributed by atoms with van der Waals surface area (Å²) in [7, 11) is 5.47. The van der Waals surface area contributed by atoms with E-state index in [1.807, 2.05) is 44.7 Å². The number of carbonyl (C=O) groups is 3. The van der Waals surface area contributed by atoms with Crippen LogP contribution in [-0.2, 0) is 28.5 Å². The normalized spacial score (nSPS) is 35.2. The molecule has 1 aromatic carbocycles. The molecular formula is C41H67ClN4O8. The van der Waals surface area contributed by atoms with E-state index >= 15 is 0 Å². The largest absolute Gasteiger partial charge is 0.460 e. The maximum absolute atomic E-state index is 14.5. The van der Waals surface area contributed by atoms with Gasteiger partial charge in [-0.15, -0.1) is 0 Å². The quantitative estimate of drug-likeness (QED) is 0.280. The summed E-state index contributed by atoms with van der Waals surface area (Å²) in [5, 5.41) is 12.0. The molecule has 10 atom stereocenters. The third-order valence-electron chi connectivity index (χ3n) is 11.9. The topological polar surface area (TPSA) is 121 Å². The molecule has 3 saturated heterocycles. The lowest BCUT2D eigenvalue weighted by atomic mass is 9.74. The Hall–Kier alpha value is -2.16. The van der Waals surface area contributed by atoms with Gasteiger partial charge >= 0.3 is 5.97 Å². The molecule has 0 bridgehead atoms. The Kier molecular flexibility index (Phi) is 15.6. The van der Waals surface area contributed by atoms with Crippen molar-refractivity contribution in [3.05, 3.63) is 34.9 Å². The van der Waals surface area contributed by atoms with Gasteiger partial charge in [-0.05, 0) is 105 Å². The Morgan fingerprint density at radius 2 is 1.67 bits per heavy atom. The third kappa shape index (κ3) is 10.4. The molecular weight excluding hydrogens is 712 g/mol. The van der Waals surface area contributed by atoms with Crippen LogP contribution in [0.25, 0.3) is 0 Å². The first kappa shape index (κ1) is 44.6. The Labute approximate surface area is 328 Å². The molecule has 13 heteroatoms. The second-order valence-electron chi connectivity index (χ2n) is 17.0. The van der Waals surface area contributed by atoms with Crippen molar-refractivity contribution in [2.75, 3.05) is 67.0 Å². The van der Waals surface area contributed by atoms with Crippen LogP contribution >= 0.6 is 11.6 Å². The minimum atomic E-state index is -1.50. The van der Waals surface area contributed by atoms with Crippen LogP contribution in [-0.4, -0.2) is 158 Å². The molecule has 0 unspecified atom stereocenters. The van der Waals surface area contributed by atoms with E-state index in [9.17, 15) is 19.5 Å². The number of esters is 1. The predicted molar refractivity (Wildman–Crippen MR) is 209 cm³/mol. The van der Waals surface area contributed by atoms with Gasteiger partial charge in [-0.3, -0.25) is 24.2 Å². The molecule has 12 nitrogen and oxygen atoms in total. The van der Waals surface area contributed by atoms with E-state index in [4.69, 9.17) is 30.5 Å². The second kappa shape index (κ2) is 18.9. The average molecular weight is 779 g/mol. The molecule has 54 heavy (non-hydrogen) atoms. The number of ketones is 1. The fraction of sp³-hybridized carbons (Fsp3) is 0.780. The molecule has 3 fully saturated rings. The molecule has 0 spiro atoms. The van der Waals surface area contributed by atoms with Crippen LogP contribution in [0.4, 0.5) is 0 Å². The van der Waals surface area contributed by atoms with E-state index in [-0.39, 0.29) is 35.8 Å². The van der Waals surface area contributed by atoms with E-state index in [2.05, 4.69) is 23.6 Å². The number of benzene rings is 1. The van der Waals surface area contributed by atoms with Gasteiger partial charge in [0.25, 0.3) is 5.91 Å². The number of Topliss-reactive ketones (excluding diaryl/α,β-unsaturated/α-hetero) is 1. The van der Waals surface area contributed by atoms with Gasteiger partial charge in [-0.25, -0.2) is 0 Å². The number of hydrogen-bond acceptors (Lipinski definition) is 11. The van der Waals surface area contributed by atoms with E-state index < -0.39 is 47.5 Å². The number of cyclic esters (lactones) is 1. The summed E-state index contributed by atoms with van der Waals surface area (Å²) < 4.78 is 25.5. The first-order valence-corrected chi connectivity index (χ1v) is 20.2. The summed E-state index contributed by atoms with van der Waals surface area (Å²) in [6.07, 6.45) is -1.44. The lowest BCUT2D eigenvalue weighted by Crippen LogP contribution is -2.59. The molecule has 3 aliphatic heterocycles. The van der Waals surface area contributed by atoms with Crippen LogP contribution in [0.3, 0.4) is 0 Å². The van der Waals surface area contributed by atoms with E-state index in [0.717, 1.165) is 13.0 Å². The Balaban J connectivity index is 1.62. The highest BCUT2D eigenvalue weighted by molar-refractivity contribution is 6.30. The third-order valence-corrected chi connectivity index (χ3v) is 12.2. The number of amides is 1. The maximum atomic E-state index is 14.5. The van der Waals surface area contributed by atoms with Gasteiger partial charge in [0.15, 0.2) is 12.1 Å². The second-order valence-corrected chi connectivity index (χ2v) is 17.4. The number of aliphatic hydroxyl groups is 1. The highest BCUT2D eigenvalue weighted by Gasteiger charge is 2.52. The summed E-state index contributed by atoms with van der Waals surface area (Å²) >= 11 is 6.05. The maximum Gasteiger partial charge on any atom is 0.319 e. The standard InChI is InChI=1S/C41H67ClN4O8/c1-12-17-46-24-26(2)23-41(8,51-11)36(54-38-34(47)32(43(9)10)22-27(3)52-38)28(4)35(48)40(6,7)39(50)53-29(5)33(46)25-44-18-20-45(21-19-44)37(49)30-13-15-31(42)16-14-30/h13-16,26-29,32-34,36,38,47H,12,17-25H2,1-11H3/t26-,27-,28+,29+,32+,33+,34-,36-,38+,41-/m1/s1. The Morgan fingerprint density at radius 3 is 2.24 bits per heavy atom. The summed E-state index contributed by atoms with van der Waals surface area (Å²) in [5.74, 6) is -1.66. The van der Waals surface area contributed by atoms with Crippen LogP contribution in [0.15, 0.2) is 24.3 Å². The van der Waals surface area contributed by atoms with Crippen LogP contribution in [0.1, 0.15) is 85.0 Å². The fourth-order valence-electron chi connectivity index (χ4n) is 8.68. The number of nitrogens with zero attached hydrogens (tertiary/aromatic N) is 4. The highest BCUT2D eigenvalue weighted by atomic mass is 35.5. The number of hydrogen-bond donors (Lipinski definition) is 1. The van der Waals surface area contributed by atoms with Crippen molar-refractivity contribution in [3.8, 4) is 0 Å². The molecule has 0 aromatic heterocycles. The predicted octanol–water partition coefficient (Wildman–Crippen LogP) is 4.60. The van der Waals surface area contributed by atoms with Gasteiger partial charge in [0.05, 0.1) is 23.9 Å². The number of likely N-dealkylation sites (N-methyl/N-ethyl adjacent to an activating group) is 1. The van der Waals surface area contributed by atoms with E-state index in [1.54, 1.807) is 52.1 Å². The number of piperazine rings is 1. The van der Waals surface area contributed by atoms with E-state index in [0.29, 0.717) is 62.7 Å². The molecule has 1 N–H and O–H groups in total. The van der Waals surface area contributed by atoms with Crippen LogP contribution in [0.2, 0.25) is 5.02 Å². The summed E-state index contributed by atoms with van der Waals surface area (Å²) in [5.41, 5.74) is -1.86. The van der Waals surface area contributed by atoms with Crippen molar-refractivity contribution in [2.24, 2.45) is 17.3 Å². The van der Waals surface area contributed by atoms with Gasteiger partial charge < -0.3 is 33.9 Å². The number of halogens is 1. The van der Waals surface area contributed by atoms with Crippen LogP contribution < -0.4 is 0 Å². The van der Waals surface area contributed by atoms with Crippen molar-refractivity contribution in [1.29, 1.82) is 0 Å². The first-order chi connectivity index (χ1) is 25.3. The summed E-state index contributed by atoms with van der Waals surface area (Å²) in [6, 6.07) is 6.61. The van der Waals surface area contributed by atoms with Gasteiger partial charge in [0.1, 0.15) is 17.6 Å². The fourth-order valence-corrected chi connectivity index (χ4v) is 8.80. The minimum Gasteiger partial charge on any atom is -0.460 e. The van der Waals surface area contributed by atoms with Gasteiger partial charge in [-0.2, -0.15) is 0 Å². The van der Waals surface area contributed by atoms with Gasteiger partial charge in [-0.1, -0.05) is 32.4 Å². The molecule has 1 aromatic rings. The van der Waals surface area contributed by atoms with Gasteiger partial charge in [0, 0.05) is 68.9 Å². The summed E-state index contributed by atoms with van der Waals surface area (Å²) in [4.78, 5) is 50.4. The molecule has 4 rings (SSSR count). The molecule has 0 aliphatic carbocycles. The molecule has 1 amide bonds. The van der Waals surface area contributed by atoms with Crippen LogP contribution in [0.5, 0.6) is 0 Å². The molecule has 0 radical (unpaired) electrons. The lowest BCUT2D eigenvalue weighted by Gasteiger charge is -2.47. The van der Waals surface area contributed by atoms with Crippen LogP contribution in [0, 0.1) is 17.3 Å². The Morgan fingerprint density at radius 1 is 1.04 bits per heavy atom. The zero-order valence-electron chi connectivity index (χ0n) is 34.5. The Bertz CT molecular complexity index is 1410. The number of methoxy groups -OCH3 is 1. The number of aliphatic hydroxyl groups excluding tert-OH is 1. The minimum absolute atomic E-state index is 0.0155. The van der Waals surface area contributed by atoms with Crippen molar-refractivity contribution < 1.29 is 38.4 Å². The molecule has 3 heterocycles. The average Bonchev–Trinajstić information content (AvgIpc) is 3.12. The van der Waals surface area contributed by atoms with Crippen molar-refractivity contribution in [2.45, 2.75) is 123 Å². The van der Waals surface area contributed by atoms with Gasteiger partial charge in [0.2, 0.25) is 0 Å². The van der Waals surface area contributed by atoms with E-state index in [1.165, 1.54) is 0 Å². The molecule has 3 aliphatic rings.